The summed E-state index contributed by atoms with van der Waals surface area (Å²) < 4.78 is 5.35. The Bertz CT molecular complexity index is 1390. The Morgan fingerprint density at radius 2 is 1.76 bits per heavy atom. The molecule has 10 nitrogen and oxygen atoms in total. The summed E-state index contributed by atoms with van der Waals surface area (Å²) in [6, 6.07) is 10.7. The van der Waals surface area contributed by atoms with Gasteiger partial charge in [-0.3, -0.25) is 9.78 Å². The number of amides is 1. The summed E-state index contributed by atoms with van der Waals surface area (Å²) >= 11 is 0. The molecule has 1 amide bonds. The molecule has 1 atom stereocenters. The maximum absolute atomic E-state index is 12.4. The summed E-state index contributed by atoms with van der Waals surface area (Å²) in [5, 5.41) is 18.1. The molecule has 34 heavy (non-hydrogen) atoms. The molecular formula is C24H23N7O3. The number of nitrogens with one attached hydrogen (secondary N) is 1. The van der Waals surface area contributed by atoms with Gasteiger partial charge in [0.05, 0.1) is 17.1 Å². The van der Waals surface area contributed by atoms with E-state index in [2.05, 4.69) is 30.4 Å². The molecule has 4 aromatic heterocycles. The Balaban J connectivity index is 1.42. The average molecular weight is 457 g/mol. The van der Waals surface area contributed by atoms with Crippen LogP contribution in [0.3, 0.4) is 0 Å². The highest BCUT2D eigenvalue weighted by Crippen LogP contribution is 2.34. The zero-order valence-corrected chi connectivity index (χ0v) is 19.0. The fraction of sp³-hybridized carbons (Fsp3) is 0.250. The summed E-state index contributed by atoms with van der Waals surface area (Å²) in [6.45, 7) is 4.38. The van der Waals surface area contributed by atoms with Crippen molar-refractivity contribution in [2.75, 3.05) is 18.9 Å². The van der Waals surface area contributed by atoms with Crippen LogP contribution in [-0.2, 0) is 10.4 Å². The molecule has 5 heterocycles. The number of hydrogen-bond donors (Lipinski definition) is 2. The van der Waals surface area contributed by atoms with E-state index in [1.54, 1.807) is 37.6 Å². The van der Waals surface area contributed by atoms with Crippen molar-refractivity contribution in [2.24, 2.45) is 0 Å². The van der Waals surface area contributed by atoms with Crippen LogP contribution >= 0.6 is 0 Å². The normalized spacial score (nSPS) is 17.9. The molecule has 172 valence electrons. The first-order valence-corrected chi connectivity index (χ1v) is 10.8. The smallest absolute Gasteiger partial charge is 0.262 e. The molecule has 1 fully saturated rings. The fourth-order valence-corrected chi connectivity index (χ4v) is 3.85. The van der Waals surface area contributed by atoms with Gasteiger partial charge in [-0.05, 0) is 43.7 Å². The molecule has 0 saturated carbocycles. The highest BCUT2D eigenvalue weighted by molar-refractivity contribution is 5.87. The van der Waals surface area contributed by atoms with Crippen LogP contribution in [0.5, 0.6) is 0 Å². The van der Waals surface area contributed by atoms with E-state index in [0.717, 1.165) is 16.9 Å². The summed E-state index contributed by atoms with van der Waals surface area (Å²) in [5.41, 5.74) is 3.32. The first-order chi connectivity index (χ1) is 16.3. The monoisotopic (exact) mass is 457 g/mol. The van der Waals surface area contributed by atoms with Crippen LogP contribution in [0, 0.1) is 13.8 Å². The minimum absolute atomic E-state index is 0.112. The zero-order valence-electron chi connectivity index (χ0n) is 19.0. The Hall–Kier alpha value is -4.18. The first kappa shape index (κ1) is 21.7. The van der Waals surface area contributed by atoms with Crippen molar-refractivity contribution in [3.8, 4) is 22.8 Å². The third kappa shape index (κ3) is 3.77. The Morgan fingerprint density at radius 1 is 1.03 bits per heavy atom. The number of carbonyl (C=O) groups excluding carboxylic acids is 1. The van der Waals surface area contributed by atoms with Crippen molar-refractivity contribution >= 4 is 17.5 Å². The first-order valence-electron chi connectivity index (χ1n) is 10.8. The number of hydrogen-bond acceptors (Lipinski definition) is 9. The van der Waals surface area contributed by atoms with Gasteiger partial charge in [-0.1, -0.05) is 11.2 Å². The van der Waals surface area contributed by atoms with Gasteiger partial charge in [0.25, 0.3) is 5.91 Å². The van der Waals surface area contributed by atoms with E-state index in [-0.39, 0.29) is 12.2 Å². The molecular weight excluding hydrogens is 434 g/mol. The average Bonchev–Trinajstić information content (AvgIpc) is 3.45. The number of rotatable bonds is 5. The number of anilines is 2. The standard InChI is InChI=1S/C24H23N7O3/c1-14-15(2)25-10-7-16(14)28-23-26-11-8-19(29-23)17-5-4-6-18(27-17)20-13-21(34-30-20)24(33)9-12-31(3)22(24)32/h4-8,10-11,13,33H,9,12H2,1-3H3,(H,25,26,28,29). The molecule has 0 aromatic carbocycles. The van der Waals surface area contributed by atoms with Gasteiger partial charge >= 0.3 is 0 Å². The molecule has 0 aliphatic carbocycles. The minimum Gasteiger partial charge on any atom is -0.373 e. The molecule has 1 saturated heterocycles. The van der Waals surface area contributed by atoms with Crippen molar-refractivity contribution in [3.05, 3.63) is 65.8 Å². The predicted octanol–water partition coefficient (Wildman–Crippen LogP) is 3.00. The van der Waals surface area contributed by atoms with Gasteiger partial charge in [0.2, 0.25) is 11.5 Å². The maximum atomic E-state index is 12.4. The van der Waals surface area contributed by atoms with Gasteiger partial charge in [0.1, 0.15) is 5.69 Å². The number of likely N-dealkylation sites (N-methyl/N-ethyl adjacent to an activating group) is 1. The number of aromatic nitrogens is 5. The minimum atomic E-state index is -1.70. The molecule has 4 aromatic rings. The van der Waals surface area contributed by atoms with E-state index < -0.39 is 11.5 Å². The highest BCUT2D eigenvalue weighted by Gasteiger charge is 2.48. The van der Waals surface area contributed by atoms with E-state index in [1.165, 1.54) is 4.90 Å². The van der Waals surface area contributed by atoms with Crippen molar-refractivity contribution in [1.29, 1.82) is 0 Å². The van der Waals surface area contributed by atoms with Crippen molar-refractivity contribution in [3.63, 3.8) is 0 Å². The van der Waals surface area contributed by atoms with Crippen LogP contribution < -0.4 is 5.32 Å². The van der Waals surface area contributed by atoms with E-state index in [4.69, 9.17) is 4.52 Å². The van der Waals surface area contributed by atoms with Gasteiger partial charge in [-0.25, -0.2) is 15.0 Å². The van der Waals surface area contributed by atoms with Gasteiger partial charge in [0.15, 0.2) is 5.76 Å². The Kier molecular flexibility index (Phi) is 5.29. The number of carbonyl (C=O) groups is 1. The zero-order chi connectivity index (χ0) is 23.9. The molecule has 0 bridgehead atoms. The van der Waals surface area contributed by atoms with E-state index in [1.807, 2.05) is 32.0 Å². The van der Waals surface area contributed by atoms with Crippen molar-refractivity contribution < 1.29 is 14.4 Å². The topological polar surface area (TPSA) is 130 Å². The number of aliphatic hydroxyl groups is 1. The third-order valence-electron chi connectivity index (χ3n) is 6.06. The van der Waals surface area contributed by atoms with Crippen LogP contribution in [-0.4, -0.2) is 54.6 Å². The Morgan fingerprint density at radius 3 is 2.53 bits per heavy atom. The molecule has 10 heteroatoms. The number of aryl methyl sites for hydroxylation is 1. The highest BCUT2D eigenvalue weighted by atomic mass is 16.5. The van der Waals surface area contributed by atoms with E-state index >= 15 is 0 Å². The second-order valence-corrected chi connectivity index (χ2v) is 8.28. The second-order valence-electron chi connectivity index (χ2n) is 8.28. The number of pyridine rings is 2. The van der Waals surface area contributed by atoms with Crippen molar-refractivity contribution in [1.82, 2.24) is 30.0 Å². The lowest BCUT2D eigenvalue weighted by Gasteiger charge is -2.16. The van der Waals surface area contributed by atoms with Crippen LogP contribution in [0.25, 0.3) is 22.8 Å². The Labute approximate surface area is 195 Å². The molecule has 0 radical (unpaired) electrons. The molecule has 1 unspecified atom stereocenters. The number of nitrogens with zero attached hydrogens (tertiary/aromatic N) is 6. The molecule has 5 rings (SSSR count). The molecule has 2 N–H and O–H groups in total. The largest absolute Gasteiger partial charge is 0.373 e. The molecule has 1 aliphatic heterocycles. The van der Waals surface area contributed by atoms with Gasteiger partial charge in [-0.2, -0.15) is 0 Å². The number of likely N-dealkylation sites (tertiary alicyclic amines) is 1. The van der Waals surface area contributed by atoms with Crippen LogP contribution in [0.15, 0.2) is 53.3 Å². The molecule has 0 spiro atoms. The lowest BCUT2D eigenvalue weighted by atomic mass is 9.98. The summed E-state index contributed by atoms with van der Waals surface area (Å²) in [4.78, 5) is 31.7. The predicted molar refractivity (Wildman–Crippen MR) is 124 cm³/mol. The van der Waals surface area contributed by atoms with Crippen LogP contribution in [0.2, 0.25) is 0 Å². The third-order valence-corrected chi connectivity index (χ3v) is 6.06. The van der Waals surface area contributed by atoms with E-state index in [0.29, 0.717) is 35.3 Å². The van der Waals surface area contributed by atoms with Gasteiger partial charge in [-0.15, -0.1) is 0 Å². The lowest BCUT2D eigenvalue weighted by molar-refractivity contribution is -0.144. The quantitative estimate of drug-likeness (QED) is 0.464. The van der Waals surface area contributed by atoms with Gasteiger partial charge in [0, 0.05) is 49.9 Å². The SMILES string of the molecule is Cc1nccc(Nc2nccc(-c3cccc(-c4cc(C5(O)CCN(C)C5=O)on4)n3)n2)c1C. The summed E-state index contributed by atoms with van der Waals surface area (Å²) in [5.74, 6) is 0.145. The summed E-state index contributed by atoms with van der Waals surface area (Å²) in [7, 11) is 1.64. The van der Waals surface area contributed by atoms with Crippen LogP contribution in [0.4, 0.5) is 11.6 Å². The fourth-order valence-electron chi connectivity index (χ4n) is 3.85. The lowest BCUT2D eigenvalue weighted by Crippen LogP contribution is -2.35. The van der Waals surface area contributed by atoms with E-state index in [9.17, 15) is 9.90 Å². The maximum Gasteiger partial charge on any atom is 0.262 e. The summed E-state index contributed by atoms with van der Waals surface area (Å²) in [6.07, 6.45) is 3.64. The second kappa shape index (κ2) is 8.31. The van der Waals surface area contributed by atoms with Crippen LogP contribution in [0.1, 0.15) is 23.4 Å². The molecule has 1 aliphatic rings. The van der Waals surface area contributed by atoms with Crippen molar-refractivity contribution in [2.45, 2.75) is 25.9 Å². The van der Waals surface area contributed by atoms with Gasteiger partial charge < -0.3 is 19.8 Å².